The quantitative estimate of drug-likeness (QED) is 0.253. The SMILES string of the molecule is Cc1ccc(N2C(=O)/C(=C/c3ccc(Sc4cccc5cccnc45)o3)C(=O)NC2=S)cc1. The molecule has 0 bridgehead atoms. The first-order valence-corrected chi connectivity index (χ1v) is 11.3. The lowest BCUT2D eigenvalue weighted by Crippen LogP contribution is -2.54. The lowest BCUT2D eigenvalue weighted by Gasteiger charge is -2.28. The van der Waals surface area contributed by atoms with E-state index >= 15 is 0 Å². The maximum Gasteiger partial charge on any atom is 0.270 e. The number of thiocarbonyl (C=S) groups is 1. The summed E-state index contributed by atoms with van der Waals surface area (Å²) in [5.41, 5.74) is 2.46. The summed E-state index contributed by atoms with van der Waals surface area (Å²) in [4.78, 5) is 32.4. The fraction of sp³-hybridized carbons (Fsp3) is 0.0400. The van der Waals surface area contributed by atoms with E-state index in [0.717, 1.165) is 21.4 Å². The average molecular weight is 472 g/mol. The Kier molecular flexibility index (Phi) is 5.53. The van der Waals surface area contributed by atoms with E-state index in [2.05, 4.69) is 10.3 Å². The molecule has 2 aromatic carbocycles. The molecule has 8 heteroatoms. The van der Waals surface area contributed by atoms with Crippen molar-refractivity contribution in [1.82, 2.24) is 10.3 Å². The van der Waals surface area contributed by atoms with Gasteiger partial charge in [-0.3, -0.25) is 24.8 Å². The van der Waals surface area contributed by atoms with Crippen LogP contribution >= 0.6 is 24.0 Å². The van der Waals surface area contributed by atoms with Gasteiger partial charge in [0.25, 0.3) is 11.8 Å². The number of furan rings is 1. The number of pyridine rings is 1. The third-order valence-corrected chi connectivity index (χ3v) is 6.34. The molecule has 4 aromatic rings. The van der Waals surface area contributed by atoms with Crippen molar-refractivity contribution in [3.63, 3.8) is 0 Å². The Balaban J connectivity index is 1.43. The van der Waals surface area contributed by atoms with Gasteiger partial charge in [0.05, 0.1) is 11.2 Å². The van der Waals surface area contributed by atoms with Crippen molar-refractivity contribution in [2.24, 2.45) is 0 Å². The number of hydrogen-bond donors (Lipinski definition) is 1. The second kappa shape index (κ2) is 8.65. The normalized spacial score (nSPS) is 15.4. The van der Waals surface area contributed by atoms with Crippen LogP contribution in [0.15, 0.2) is 92.9 Å². The van der Waals surface area contributed by atoms with E-state index in [4.69, 9.17) is 16.6 Å². The molecule has 5 rings (SSSR count). The summed E-state index contributed by atoms with van der Waals surface area (Å²) in [5.74, 6) is -0.672. The van der Waals surface area contributed by atoms with Crippen molar-refractivity contribution < 1.29 is 14.0 Å². The molecule has 162 valence electrons. The minimum atomic E-state index is -0.558. The molecular weight excluding hydrogens is 454 g/mol. The summed E-state index contributed by atoms with van der Waals surface area (Å²) in [5, 5.41) is 4.29. The van der Waals surface area contributed by atoms with Crippen molar-refractivity contribution in [2.75, 3.05) is 4.90 Å². The molecule has 1 fully saturated rings. The van der Waals surface area contributed by atoms with Crippen LogP contribution in [0.4, 0.5) is 5.69 Å². The second-order valence-electron chi connectivity index (χ2n) is 7.38. The molecule has 0 saturated carbocycles. The Labute approximate surface area is 199 Å². The molecule has 2 amide bonds. The van der Waals surface area contributed by atoms with Gasteiger partial charge in [0.15, 0.2) is 10.2 Å². The van der Waals surface area contributed by atoms with Crippen molar-refractivity contribution in [1.29, 1.82) is 0 Å². The number of aryl methyl sites for hydroxylation is 1. The van der Waals surface area contributed by atoms with Crippen LogP contribution < -0.4 is 10.2 Å². The van der Waals surface area contributed by atoms with E-state index in [1.807, 2.05) is 49.4 Å². The number of carbonyl (C=O) groups excluding carboxylic acids is 2. The molecule has 0 atom stereocenters. The summed E-state index contributed by atoms with van der Waals surface area (Å²) < 4.78 is 5.89. The highest BCUT2D eigenvalue weighted by Crippen LogP contribution is 2.34. The van der Waals surface area contributed by atoms with Gasteiger partial charge in [0.2, 0.25) is 0 Å². The average Bonchev–Trinajstić information content (AvgIpc) is 3.25. The van der Waals surface area contributed by atoms with Crippen molar-refractivity contribution >= 4 is 63.6 Å². The number of para-hydroxylation sites is 1. The number of benzene rings is 2. The van der Waals surface area contributed by atoms with E-state index < -0.39 is 11.8 Å². The van der Waals surface area contributed by atoms with Crippen LogP contribution in [0.1, 0.15) is 11.3 Å². The number of nitrogens with one attached hydrogen (secondary N) is 1. The summed E-state index contributed by atoms with van der Waals surface area (Å²) in [6.45, 7) is 1.95. The lowest BCUT2D eigenvalue weighted by molar-refractivity contribution is -0.122. The van der Waals surface area contributed by atoms with Crippen LogP contribution in [-0.4, -0.2) is 21.9 Å². The number of aromatic nitrogens is 1. The van der Waals surface area contributed by atoms with Gasteiger partial charge < -0.3 is 4.42 Å². The molecule has 6 nitrogen and oxygen atoms in total. The van der Waals surface area contributed by atoms with E-state index in [-0.39, 0.29) is 10.7 Å². The Morgan fingerprint density at radius 2 is 1.82 bits per heavy atom. The van der Waals surface area contributed by atoms with E-state index in [1.165, 1.54) is 22.7 Å². The lowest BCUT2D eigenvalue weighted by atomic mass is 10.1. The number of anilines is 1. The Bertz CT molecular complexity index is 1440. The number of fused-ring (bicyclic) bond motifs is 1. The van der Waals surface area contributed by atoms with Gasteiger partial charge in [-0.2, -0.15) is 0 Å². The molecule has 0 spiro atoms. The summed E-state index contributed by atoms with van der Waals surface area (Å²) in [6, 6.07) is 20.7. The molecule has 1 aliphatic rings. The number of nitrogens with zero attached hydrogens (tertiary/aromatic N) is 2. The van der Waals surface area contributed by atoms with Crippen LogP contribution in [0.2, 0.25) is 0 Å². The fourth-order valence-electron chi connectivity index (χ4n) is 3.46. The predicted molar refractivity (Wildman–Crippen MR) is 132 cm³/mol. The maximum atomic E-state index is 13.1. The van der Waals surface area contributed by atoms with Gasteiger partial charge in [0, 0.05) is 16.5 Å². The van der Waals surface area contributed by atoms with Crippen molar-refractivity contribution in [2.45, 2.75) is 16.9 Å². The largest absolute Gasteiger partial charge is 0.450 e. The first-order valence-electron chi connectivity index (χ1n) is 10.1. The third-order valence-electron chi connectivity index (χ3n) is 5.09. The molecule has 1 N–H and O–H groups in total. The molecular formula is C25H17N3O3S2. The van der Waals surface area contributed by atoms with Gasteiger partial charge in [-0.15, -0.1) is 0 Å². The Morgan fingerprint density at radius 3 is 2.64 bits per heavy atom. The van der Waals surface area contributed by atoms with Crippen molar-refractivity contribution in [3.8, 4) is 0 Å². The zero-order valence-electron chi connectivity index (χ0n) is 17.4. The van der Waals surface area contributed by atoms with Crippen LogP contribution in [0.5, 0.6) is 0 Å². The second-order valence-corrected chi connectivity index (χ2v) is 8.82. The first kappa shape index (κ1) is 21.1. The molecule has 0 unspecified atom stereocenters. The molecule has 33 heavy (non-hydrogen) atoms. The smallest absolute Gasteiger partial charge is 0.270 e. The molecule has 0 aliphatic carbocycles. The minimum absolute atomic E-state index is 0.0464. The number of carbonyl (C=O) groups is 2. The van der Waals surface area contributed by atoms with E-state index in [9.17, 15) is 9.59 Å². The summed E-state index contributed by atoms with van der Waals surface area (Å²) in [7, 11) is 0. The molecule has 2 aromatic heterocycles. The standard InChI is InChI=1S/C25H17N3O3S2/c1-15-7-9-17(10-8-15)28-24(30)19(23(29)27-25(28)32)14-18-11-12-21(31-18)33-20-6-2-4-16-5-3-13-26-22(16)20/h2-14H,1H3,(H,27,29,32)/b19-14+. The van der Waals surface area contributed by atoms with Gasteiger partial charge in [-0.05, 0) is 73.4 Å². The van der Waals surface area contributed by atoms with Crippen LogP contribution in [-0.2, 0) is 9.59 Å². The Morgan fingerprint density at radius 1 is 1.03 bits per heavy atom. The van der Waals surface area contributed by atoms with Crippen molar-refractivity contribution in [3.05, 3.63) is 89.8 Å². The number of rotatable bonds is 4. The van der Waals surface area contributed by atoms with Crippen LogP contribution in [0.3, 0.4) is 0 Å². The monoisotopic (exact) mass is 471 g/mol. The minimum Gasteiger partial charge on any atom is -0.450 e. The van der Waals surface area contributed by atoms with Gasteiger partial charge in [-0.1, -0.05) is 35.9 Å². The summed E-state index contributed by atoms with van der Waals surface area (Å²) >= 11 is 6.67. The number of hydrogen-bond acceptors (Lipinski definition) is 6. The van der Waals surface area contributed by atoms with Gasteiger partial charge >= 0.3 is 0 Å². The van der Waals surface area contributed by atoms with Gasteiger partial charge in [-0.25, -0.2) is 0 Å². The fourth-order valence-corrected chi connectivity index (χ4v) is 4.65. The molecule has 3 heterocycles. The zero-order chi connectivity index (χ0) is 22.9. The first-order chi connectivity index (χ1) is 16.0. The van der Waals surface area contributed by atoms with E-state index in [1.54, 1.807) is 30.5 Å². The topological polar surface area (TPSA) is 75.4 Å². The maximum absolute atomic E-state index is 13.1. The highest BCUT2D eigenvalue weighted by atomic mass is 32.2. The van der Waals surface area contributed by atoms with Crippen LogP contribution in [0, 0.1) is 6.92 Å². The molecule has 0 radical (unpaired) electrons. The summed E-state index contributed by atoms with van der Waals surface area (Å²) in [6.07, 6.45) is 3.19. The zero-order valence-corrected chi connectivity index (χ0v) is 19.1. The van der Waals surface area contributed by atoms with Gasteiger partial charge in [0.1, 0.15) is 11.3 Å². The highest BCUT2D eigenvalue weighted by Gasteiger charge is 2.34. The molecule has 1 aliphatic heterocycles. The number of amides is 2. The highest BCUT2D eigenvalue weighted by molar-refractivity contribution is 7.99. The van der Waals surface area contributed by atoms with E-state index in [0.29, 0.717) is 16.5 Å². The Hall–Kier alpha value is -3.75. The van der Waals surface area contributed by atoms with Crippen LogP contribution in [0.25, 0.3) is 17.0 Å². The predicted octanol–water partition coefficient (Wildman–Crippen LogP) is 5.12. The third kappa shape index (κ3) is 4.18. The molecule has 1 saturated heterocycles.